The van der Waals surface area contributed by atoms with Crippen LogP contribution in [0.25, 0.3) is 10.8 Å². The Bertz CT molecular complexity index is 1710. The number of carbonyl (C=O) groups is 2. The first-order chi connectivity index (χ1) is 20.5. The Morgan fingerprint density at radius 2 is 1.50 bits per heavy atom. The molecule has 5 heteroatoms. The summed E-state index contributed by atoms with van der Waals surface area (Å²) in [5.41, 5.74) is 4.42. The van der Waals surface area contributed by atoms with Crippen LogP contribution in [-0.2, 0) is 11.2 Å². The van der Waals surface area contributed by atoms with Gasteiger partial charge in [-0.3, -0.25) is 9.59 Å². The minimum absolute atomic E-state index is 0.0340. The number of anilines is 2. The van der Waals surface area contributed by atoms with Gasteiger partial charge in [-0.05, 0) is 84.1 Å². The van der Waals surface area contributed by atoms with Gasteiger partial charge in [-0.15, -0.1) is 0 Å². The van der Waals surface area contributed by atoms with Gasteiger partial charge in [0.15, 0.2) is 6.61 Å². The first-order valence-electron chi connectivity index (χ1n) is 14.5. The fourth-order valence-corrected chi connectivity index (χ4v) is 5.92. The normalized spacial score (nSPS) is 16.1. The highest BCUT2D eigenvalue weighted by Crippen LogP contribution is 2.42. The summed E-state index contributed by atoms with van der Waals surface area (Å²) in [6.45, 7) is 4.06. The SMILES string of the molecule is CCc1ccc(C(=O)N2c3ccccc3[C@@H](N(C(=O)COc3ccc4ccccc4c3)c3ccccc3)C[C@@H]2C)cc1. The maximum absolute atomic E-state index is 14.0. The molecule has 0 radical (unpaired) electrons. The second-order valence-corrected chi connectivity index (χ2v) is 10.8. The molecule has 1 aliphatic heterocycles. The summed E-state index contributed by atoms with van der Waals surface area (Å²) < 4.78 is 6.06. The lowest BCUT2D eigenvalue weighted by Gasteiger charge is -2.43. The van der Waals surface area contributed by atoms with Gasteiger partial charge in [0.05, 0.1) is 6.04 Å². The summed E-state index contributed by atoms with van der Waals surface area (Å²) in [6.07, 6.45) is 1.51. The first-order valence-corrected chi connectivity index (χ1v) is 14.5. The average Bonchev–Trinajstić information content (AvgIpc) is 3.04. The number of benzene rings is 5. The first kappa shape index (κ1) is 27.3. The van der Waals surface area contributed by atoms with Gasteiger partial charge in [0.2, 0.25) is 0 Å². The molecule has 0 fully saturated rings. The lowest BCUT2D eigenvalue weighted by Crippen LogP contribution is -2.48. The van der Waals surface area contributed by atoms with Crippen LogP contribution in [0.4, 0.5) is 11.4 Å². The number of fused-ring (bicyclic) bond motifs is 2. The number of rotatable bonds is 7. The van der Waals surface area contributed by atoms with Crippen molar-refractivity contribution in [2.45, 2.75) is 38.8 Å². The van der Waals surface area contributed by atoms with E-state index < -0.39 is 0 Å². The van der Waals surface area contributed by atoms with Crippen molar-refractivity contribution in [3.8, 4) is 5.75 Å². The Kier molecular flexibility index (Phi) is 7.74. The molecule has 0 saturated carbocycles. The topological polar surface area (TPSA) is 49.9 Å². The Balaban J connectivity index is 1.32. The number of aryl methyl sites for hydroxylation is 1. The molecule has 2 atom stereocenters. The fourth-order valence-electron chi connectivity index (χ4n) is 5.92. The van der Waals surface area contributed by atoms with Gasteiger partial charge >= 0.3 is 0 Å². The Hall–Kier alpha value is -4.90. The molecule has 0 unspecified atom stereocenters. The van der Waals surface area contributed by atoms with Crippen LogP contribution in [0.5, 0.6) is 5.75 Å². The molecule has 0 aliphatic carbocycles. The summed E-state index contributed by atoms with van der Waals surface area (Å²) in [7, 11) is 0. The molecule has 5 aromatic carbocycles. The second kappa shape index (κ2) is 11.9. The lowest BCUT2D eigenvalue weighted by atomic mass is 9.89. The van der Waals surface area contributed by atoms with Crippen molar-refractivity contribution in [1.29, 1.82) is 0 Å². The van der Waals surface area contributed by atoms with Crippen molar-refractivity contribution in [1.82, 2.24) is 0 Å². The number of ether oxygens (including phenoxy) is 1. The van der Waals surface area contributed by atoms with Crippen LogP contribution in [0.15, 0.2) is 121 Å². The number of hydrogen-bond acceptors (Lipinski definition) is 3. The Morgan fingerprint density at radius 1 is 0.810 bits per heavy atom. The molecular formula is C37H34N2O3. The van der Waals surface area contributed by atoms with Gasteiger partial charge in [-0.1, -0.05) is 85.8 Å². The molecule has 0 aromatic heterocycles. The maximum atomic E-state index is 14.0. The van der Waals surface area contributed by atoms with Crippen molar-refractivity contribution in [3.63, 3.8) is 0 Å². The number of nitrogens with zero attached hydrogens (tertiary/aromatic N) is 2. The highest BCUT2D eigenvalue weighted by atomic mass is 16.5. The maximum Gasteiger partial charge on any atom is 0.265 e. The zero-order valence-electron chi connectivity index (χ0n) is 23.9. The van der Waals surface area contributed by atoms with E-state index in [0.717, 1.165) is 34.1 Å². The van der Waals surface area contributed by atoms with Crippen molar-refractivity contribution in [2.24, 2.45) is 0 Å². The van der Waals surface area contributed by atoms with Crippen LogP contribution in [0.1, 0.15) is 47.8 Å². The molecule has 1 aliphatic rings. The van der Waals surface area contributed by atoms with Gasteiger partial charge in [0.1, 0.15) is 5.75 Å². The Labute approximate surface area is 247 Å². The quantitative estimate of drug-likeness (QED) is 0.205. The van der Waals surface area contributed by atoms with E-state index in [-0.39, 0.29) is 30.5 Å². The van der Waals surface area contributed by atoms with Crippen LogP contribution in [0.2, 0.25) is 0 Å². The van der Waals surface area contributed by atoms with Crippen LogP contribution < -0.4 is 14.5 Å². The third-order valence-electron chi connectivity index (χ3n) is 8.09. The number of para-hydroxylation sites is 2. The van der Waals surface area contributed by atoms with E-state index in [1.165, 1.54) is 5.56 Å². The number of amides is 2. The molecule has 1 heterocycles. The largest absolute Gasteiger partial charge is 0.484 e. The molecule has 0 saturated heterocycles. The monoisotopic (exact) mass is 554 g/mol. The smallest absolute Gasteiger partial charge is 0.265 e. The summed E-state index contributed by atoms with van der Waals surface area (Å²) in [6, 6.07) is 39.1. The molecule has 5 aromatic rings. The van der Waals surface area contributed by atoms with Gasteiger partial charge in [0, 0.05) is 23.0 Å². The standard InChI is InChI=1S/C37H34N2O3/c1-3-27-17-19-29(20-18-27)37(41)38-26(2)23-35(33-15-9-10-16-34(33)38)39(31-13-5-4-6-14-31)36(40)25-42-32-22-21-28-11-7-8-12-30(28)24-32/h4-22,24,26,35H,3,23,25H2,1-2H3/t26-,35-/m0/s1. The molecule has 6 rings (SSSR count). The highest BCUT2D eigenvalue weighted by Gasteiger charge is 2.39. The van der Waals surface area contributed by atoms with E-state index in [9.17, 15) is 9.59 Å². The average molecular weight is 555 g/mol. The Morgan fingerprint density at radius 3 is 2.26 bits per heavy atom. The van der Waals surface area contributed by atoms with Gasteiger partial charge in [-0.2, -0.15) is 0 Å². The van der Waals surface area contributed by atoms with E-state index in [2.05, 4.69) is 19.9 Å². The van der Waals surface area contributed by atoms with Crippen molar-refractivity contribution in [3.05, 3.63) is 138 Å². The second-order valence-electron chi connectivity index (χ2n) is 10.8. The van der Waals surface area contributed by atoms with Crippen molar-refractivity contribution in [2.75, 3.05) is 16.4 Å². The van der Waals surface area contributed by atoms with Crippen molar-refractivity contribution < 1.29 is 14.3 Å². The van der Waals surface area contributed by atoms with Crippen LogP contribution in [0.3, 0.4) is 0 Å². The molecule has 0 spiro atoms. The summed E-state index contributed by atoms with van der Waals surface area (Å²) in [4.78, 5) is 31.6. The van der Waals surface area contributed by atoms with Gasteiger partial charge in [-0.25, -0.2) is 0 Å². The third-order valence-corrected chi connectivity index (χ3v) is 8.09. The van der Waals surface area contributed by atoms with Crippen LogP contribution >= 0.6 is 0 Å². The highest BCUT2D eigenvalue weighted by molar-refractivity contribution is 6.07. The van der Waals surface area contributed by atoms with E-state index in [4.69, 9.17) is 4.74 Å². The molecular weight excluding hydrogens is 520 g/mol. The van der Waals surface area contributed by atoms with Gasteiger partial charge in [0.25, 0.3) is 11.8 Å². The van der Waals surface area contributed by atoms with Crippen molar-refractivity contribution >= 4 is 34.0 Å². The zero-order valence-corrected chi connectivity index (χ0v) is 23.9. The van der Waals surface area contributed by atoms with E-state index in [1.807, 2.05) is 125 Å². The molecule has 42 heavy (non-hydrogen) atoms. The molecule has 0 N–H and O–H groups in total. The fraction of sp³-hybridized carbons (Fsp3) is 0.189. The molecule has 5 nitrogen and oxygen atoms in total. The number of hydrogen-bond donors (Lipinski definition) is 0. The predicted octanol–water partition coefficient (Wildman–Crippen LogP) is 7.99. The minimum atomic E-state index is -0.266. The van der Waals surface area contributed by atoms with Gasteiger partial charge < -0.3 is 14.5 Å². The van der Waals surface area contributed by atoms with Crippen LogP contribution in [0, 0.1) is 0 Å². The minimum Gasteiger partial charge on any atom is -0.484 e. The zero-order chi connectivity index (χ0) is 29.1. The third kappa shape index (κ3) is 5.38. The number of carbonyl (C=O) groups excluding carboxylic acids is 2. The summed E-state index contributed by atoms with van der Waals surface area (Å²) in [5.74, 6) is 0.475. The van der Waals surface area contributed by atoms with E-state index >= 15 is 0 Å². The predicted molar refractivity (Wildman–Crippen MR) is 169 cm³/mol. The van der Waals surface area contributed by atoms with E-state index in [0.29, 0.717) is 17.7 Å². The van der Waals surface area contributed by atoms with Crippen LogP contribution in [-0.4, -0.2) is 24.5 Å². The molecule has 0 bridgehead atoms. The summed E-state index contributed by atoms with van der Waals surface area (Å²) in [5, 5.41) is 2.18. The molecule has 210 valence electrons. The lowest BCUT2D eigenvalue weighted by molar-refractivity contribution is -0.121. The summed E-state index contributed by atoms with van der Waals surface area (Å²) >= 11 is 0. The molecule has 2 amide bonds. The van der Waals surface area contributed by atoms with E-state index in [1.54, 1.807) is 0 Å².